The summed E-state index contributed by atoms with van der Waals surface area (Å²) < 4.78 is 25.3. The second-order valence-electron chi connectivity index (χ2n) is 3.24. The first-order valence-electron chi connectivity index (χ1n) is 4.50. The van der Waals surface area contributed by atoms with Gasteiger partial charge in [-0.2, -0.15) is 0 Å². The van der Waals surface area contributed by atoms with E-state index in [1.165, 1.54) is 6.07 Å². The maximum absolute atomic E-state index is 12.8. The summed E-state index contributed by atoms with van der Waals surface area (Å²) >= 11 is 0. The molecule has 1 aromatic carbocycles. The molecule has 0 saturated carbocycles. The molecule has 0 unspecified atom stereocenters. The molecule has 15 heavy (non-hydrogen) atoms. The number of nitrogens with two attached hydrogens (primary N) is 1. The molecule has 1 atom stereocenters. The zero-order valence-electron chi connectivity index (χ0n) is 8.26. The van der Waals surface area contributed by atoms with E-state index in [4.69, 9.17) is 5.73 Å². The van der Waals surface area contributed by atoms with Crippen molar-refractivity contribution in [3.8, 4) is 0 Å². The van der Waals surface area contributed by atoms with Gasteiger partial charge < -0.3 is 11.1 Å². The fourth-order valence-corrected chi connectivity index (χ4v) is 1.00. The average Bonchev–Trinajstić information content (AvgIpc) is 2.21. The Balaban J connectivity index is 2.78. The van der Waals surface area contributed by atoms with Crippen molar-refractivity contribution in [1.82, 2.24) is 5.32 Å². The van der Waals surface area contributed by atoms with Crippen molar-refractivity contribution < 1.29 is 13.6 Å². The van der Waals surface area contributed by atoms with Gasteiger partial charge in [0.15, 0.2) is 11.6 Å². The lowest BCUT2D eigenvalue weighted by atomic mass is 10.2. The van der Waals surface area contributed by atoms with Crippen molar-refractivity contribution >= 4 is 5.91 Å². The van der Waals surface area contributed by atoms with E-state index in [9.17, 15) is 13.6 Å². The standard InChI is InChI=1S/C10H12F2N2O/c1-6(5-13)14-10(15)7-2-3-8(11)9(12)4-7/h2-4,6H,5,13H2,1H3,(H,14,15)/t6-/m0/s1. The van der Waals surface area contributed by atoms with Crippen LogP contribution in [0.4, 0.5) is 8.78 Å². The molecule has 0 saturated heterocycles. The number of carbonyl (C=O) groups is 1. The highest BCUT2D eigenvalue weighted by Gasteiger charge is 2.11. The van der Waals surface area contributed by atoms with Crippen LogP contribution in [0.25, 0.3) is 0 Å². The van der Waals surface area contributed by atoms with Gasteiger partial charge in [0.2, 0.25) is 0 Å². The van der Waals surface area contributed by atoms with Crippen LogP contribution in [0.5, 0.6) is 0 Å². The molecule has 0 spiro atoms. The van der Waals surface area contributed by atoms with Crippen molar-refractivity contribution in [1.29, 1.82) is 0 Å². The molecule has 0 aliphatic heterocycles. The van der Waals surface area contributed by atoms with Gasteiger partial charge in [0.1, 0.15) is 0 Å². The Labute approximate surface area is 86.3 Å². The lowest BCUT2D eigenvalue weighted by Gasteiger charge is -2.11. The Bertz CT molecular complexity index is 368. The fourth-order valence-electron chi connectivity index (χ4n) is 1.00. The van der Waals surface area contributed by atoms with Crippen LogP contribution in [0.15, 0.2) is 18.2 Å². The normalized spacial score (nSPS) is 12.3. The van der Waals surface area contributed by atoms with Gasteiger partial charge >= 0.3 is 0 Å². The van der Waals surface area contributed by atoms with Crippen LogP contribution in [-0.2, 0) is 0 Å². The number of hydrogen-bond acceptors (Lipinski definition) is 2. The van der Waals surface area contributed by atoms with Crippen molar-refractivity contribution in [3.05, 3.63) is 35.4 Å². The van der Waals surface area contributed by atoms with E-state index < -0.39 is 17.5 Å². The third kappa shape index (κ3) is 2.99. The Morgan fingerprint density at radius 3 is 2.67 bits per heavy atom. The molecule has 3 nitrogen and oxygen atoms in total. The van der Waals surface area contributed by atoms with Crippen LogP contribution in [0, 0.1) is 11.6 Å². The summed E-state index contributed by atoms with van der Waals surface area (Å²) in [6.07, 6.45) is 0. The Hall–Kier alpha value is -1.49. The van der Waals surface area contributed by atoms with E-state index in [1.54, 1.807) is 6.92 Å². The highest BCUT2D eigenvalue weighted by molar-refractivity contribution is 5.94. The van der Waals surface area contributed by atoms with E-state index in [1.807, 2.05) is 0 Å². The molecule has 0 radical (unpaired) electrons. The SMILES string of the molecule is C[C@@H](CN)NC(=O)c1ccc(F)c(F)c1. The van der Waals surface area contributed by atoms with Crippen LogP contribution >= 0.6 is 0 Å². The monoisotopic (exact) mass is 214 g/mol. The highest BCUT2D eigenvalue weighted by Crippen LogP contribution is 2.08. The van der Waals surface area contributed by atoms with Gasteiger partial charge in [-0.25, -0.2) is 8.78 Å². The van der Waals surface area contributed by atoms with Gasteiger partial charge in [-0.15, -0.1) is 0 Å². The molecular formula is C10H12F2N2O. The summed E-state index contributed by atoms with van der Waals surface area (Å²) in [6, 6.07) is 2.79. The molecule has 1 rings (SSSR count). The molecule has 0 bridgehead atoms. The minimum Gasteiger partial charge on any atom is -0.348 e. The molecule has 0 aromatic heterocycles. The average molecular weight is 214 g/mol. The second-order valence-corrected chi connectivity index (χ2v) is 3.24. The number of benzene rings is 1. The van der Waals surface area contributed by atoms with Crippen molar-refractivity contribution in [2.75, 3.05) is 6.54 Å². The third-order valence-electron chi connectivity index (χ3n) is 1.91. The van der Waals surface area contributed by atoms with Crippen molar-refractivity contribution in [3.63, 3.8) is 0 Å². The first-order valence-corrected chi connectivity index (χ1v) is 4.50. The number of amides is 1. The molecule has 5 heteroatoms. The van der Waals surface area contributed by atoms with Gasteiger partial charge in [0, 0.05) is 18.2 Å². The van der Waals surface area contributed by atoms with Crippen molar-refractivity contribution in [2.45, 2.75) is 13.0 Å². The molecular weight excluding hydrogens is 202 g/mol. The molecule has 0 fully saturated rings. The summed E-state index contributed by atoms with van der Waals surface area (Å²) in [5.74, 6) is -2.48. The first-order chi connectivity index (χ1) is 7.04. The van der Waals surface area contributed by atoms with Crippen LogP contribution in [0.1, 0.15) is 17.3 Å². The molecule has 82 valence electrons. The zero-order chi connectivity index (χ0) is 11.4. The van der Waals surface area contributed by atoms with Gasteiger partial charge in [0.25, 0.3) is 5.91 Å². The van der Waals surface area contributed by atoms with E-state index in [2.05, 4.69) is 5.32 Å². The minimum absolute atomic E-state index is 0.0780. The Morgan fingerprint density at radius 2 is 2.13 bits per heavy atom. The largest absolute Gasteiger partial charge is 0.348 e. The molecule has 1 aromatic rings. The lowest BCUT2D eigenvalue weighted by Crippen LogP contribution is -2.37. The summed E-state index contributed by atoms with van der Waals surface area (Å²) in [7, 11) is 0. The number of halogens is 2. The van der Waals surface area contributed by atoms with Gasteiger partial charge in [0.05, 0.1) is 0 Å². The fraction of sp³-hybridized carbons (Fsp3) is 0.300. The summed E-state index contributed by atoms with van der Waals surface area (Å²) in [5, 5.41) is 2.54. The van der Waals surface area contributed by atoms with Crippen LogP contribution in [0.2, 0.25) is 0 Å². The van der Waals surface area contributed by atoms with Crippen LogP contribution < -0.4 is 11.1 Å². The quantitative estimate of drug-likeness (QED) is 0.790. The number of nitrogens with one attached hydrogen (secondary N) is 1. The minimum atomic E-state index is -1.04. The number of hydrogen-bond donors (Lipinski definition) is 2. The molecule has 1 amide bonds. The topological polar surface area (TPSA) is 55.1 Å². The smallest absolute Gasteiger partial charge is 0.251 e. The Morgan fingerprint density at radius 1 is 1.47 bits per heavy atom. The number of carbonyl (C=O) groups excluding carboxylic acids is 1. The number of rotatable bonds is 3. The van der Waals surface area contributed by atoms with E-state index >= 15 is 0 Å². The predicted molar refractivity (Wildman–Crippen MR) is 52.3 cm³/mol. The predicted octanol–water partition coefficient (Wildman–Crippen LogP) is 1.04. The molecule has 0 aliphatic rings. The van der Waals surface area contributed by atoms with Crippen LogP contribution in [-0.4, -0.2) is 18.5 Å². The second kappa shape index (κ2) is 4.84. The van der Waals surface area contributed by atoms with E-state index in [-0.39, 0.29) is 18.2 Å². The van der Waals surface area contributed by atoms with Gasteiger partial charge in [-0.3, -0.25) is 4.79 Å². The summed E-state index contributed by atoms with van der Waals surface area (Å²) in [4.78, 5) is 11.4. The van der Waals surface area contributed by atoms with Crippen molar-refractivity contribution in [2.24, 2.45) is 5.73 Å². The summed E-state index contributed by atoms with van der Waals surface area (Å²) in [5.41, 5.74) is 5.38. The zero-order valence-corrected chi connectivity index (χ0v) is 8.26. The summed E-state index contributed by atoms with van der Waals surface area (Å²) in [6.45, 7) is 2.01. The first kappa shape index (κ1) is 11.6. The third-order valence-corrected chi connectivity index (χ3v) is 1.91. The molecule has 0 aliphatic carbocycles. The molecule has 0 heterocycles. The van der Waals surface area contributed by atoms with E-state index in [0.29, 0.717) is 0 Å². The maximum atomic E-state index is 12.8. The maximum Gasteiger partial charge on any atom is 0.251 e. The molecule has 3 N–H and O–H groups in total. The van der Waals surface area contributed by atoms with Crippen LogP contribution in [0.3, 0.4) is 0 Å². The lowest BCUT2D eigenvalue weighted by molar-refractivity contribution is 0.0940. The van der Waals surface area contributed by atoms with Gasteiger partial charge in [-0.05, 0) is 25.1 Å². The van der Waals surface area contributed by atoms with E-state index in [0.717, 1.165) is 12.1 Å². The Kier molecular flexibility index (Phi) is 3.74. The van der Waals surface area contributed by atoms with Gasteiger partial charge in [-0.1, -0.05) is 0 Å². The highest BCUT2D eigenvalue weighted by atomic mass is 19.2.